The van der Waals surface area contributed by atoms with E-state index in [0.717, 1.165) is 22.0 Å². The highest BCUT2D eigenvalue weighted by molar-refractivity contribution is 7.78. The molecule has 0 bridgehead atoms. The van der Waals surface area contributed by atoms with E-state index >= 15 is 0 Å². The molecular weight excluding hydrogens is 327 g/mol. The number of pyridine rings is 1. The lowest BCUT2D eigenvalue weighted by molar-refractivity contribution is -0.138. The number of carbonyl (C=O) groups excluding carboxylic acids is 1. The zero-order valence-electron chi connectivity index (χ0n) is 10.4. The maximum absolute atomic E-state index is 12.7. The quantitative estimate of drug-likeness (QED) is 0.827. The smallest absolute Gasteiger partial charge is 0.298 e. The molecule has 0 radical (unpaired) electrons. The fourth-order valence-electron chi connectivity index (χ4n) is 1.55. The van der Waals surface area contributed by atoms with Crippen LogP contribution in [0, 0.1) is 6.92 Å². The van der Waals surface area contributed by atoms with E-state index < -0.39 is 23.2 Å². The van der Waals surface area contributed by atoms with Crippen LogP contribution in [0.3, 0.4) is 0 Å². The minimum absolute atomic E-state index is 0.0180. The third kappa shape index (κ3) is 3.10. The van der Waals surface area contributed by atoms with Crippen molar-refractivity contribution in [3.05, 3.63) is 44.8 Å². The Labute approximate surface area is 126 Å². The molecular formula is C11H8F3N3O2S2. The van der Waals surface area contributed by atoms with Crippen LogP contribution >= 0.6 is 24.2 Å². The van der Waals surface area contributed by atoms with Gasteiger partial charge in [0.1, 0.15) is 4.88 Å². The number of halogens is 3. The van der Waals surface area contributed by atoms with E-state index in [1.165, 1.54) is 6.92 Å². The Hall–Kier alpha value is -1.81. The summed E-state index contributed by atoms with van der Waals surface area (Å²) < 4.78 is 40.9. The number of rotatable bonds is 2. The zero-order chi connectivity index (χ0) is 15.8. The number of aryl methyl sites for hydroxylation is 1. The number of amides is 1. The molecule has 0 aliphatic carbocycles. The summed E-state index contributed by atoms with van der Waals surface area (Å²) in [5.41, 5.74) is -1.35. The van der Waals surface area contributed by atoms with E-state index in [0.29, 0.717) is 18.0 Å². The topological polar surface area (TPSA) is 64.0 Å². The Bertz CT molecular complexity index is 752. The number of alkyl halides is 3. The lowest BCUT2D eigenvalue weighted by Crippen LogP contribution is -2.19. The summed E-state index contributed by atoms with van der Waals surface area (Å²) in [6.45, 7) is 1.51. The number of hydrogen-bond donors (Lipinski definition) is 2. The number of thiazole rings is 1. The largest absolute Gasteiger partial charge is 0.417 e. The minimum atomic E-state index is -4.58. The molecule has 0 saturated heterocycles. The molecule has 0 aromatic carbocycles. The van der Waals surface area contributed by atoms with Crippen LogP contribution in [0.4, 0.5) is 13.2 Å². The summed E-state index contributed by atoms with van der Waals surface area (Å²) >= 11 is 4.41. The van der Waals surface area contributed by atoms with Gasteiger partial charge in [0, 0.05) is 12.3 Å². The van der Waals surface area contributed by atoms with Crippen LogP contribution in [0.2, 0.25) is 0 Å². The first-order chi connectivity index (χ1) is 9.74. The Morgan fingerprint density at radius 2 is 2.10 bits per heavy atom. The van der Waals surface area contributed by atoms with Crippen molar-refractivity contribution < 1.29 is 18.0 Å². The lowest BCUT2D eigenvalue weighted by atomic mass is 10.3. The van der Waals surface area contributed by atoms with Crippen LogP contribution in [0.1, 0.15) is 20.9 Å². The molecule has 0 spiro atoms. The summed E-state index contributed by atoms with van der Waals surface area (Å²) in [4.78, 5) is 27.3. The van der Waals surface area contributed by atoms with Crippen LogP contribution in [-0.4, -0.2) is 15.5 Å². The molecule has 2 aromatic heterocycles. The molecule has 112 valence electrons. The number of thiol groups is 1. The Balaban J connectivity index is 2.57. The van der Waals surface area contributed by atoms with Gasteiger partial charge < -0.3 is 0 Å². The van der Waals surface area contributed by atoms with Crippen molar-refractivity contribution in [1.29, 1.82) is 0 Å². The monoisotopic (exact) mass is 335 g/mol. The van der Waals surface area contributed by atoms with Gasteiger partial charge in [0.05, 0.1) is 11.3 Å². The molecule has 10 heteroatoms. The van der Waals surface area contributed by atoms with Crippen molar-refractivity contribution in [2.24, 2.45) is 0 Å². The Morgan fingerprint density at radius 3 is 2.67 bits per heavy atom. The van der Waals surface area contributed by atoms with Crippen molar-refractivity contribution in [1.82, 2.24) is 14.3 Å². The van der Waals surface area contributed by atoms with Crippen LogP contribution in [0.5, 0.6) is 0 Å². The van der Waals surface area contributed by atoms with Crippen LogP contribution < -0.4 is 10.3 Å². The molecule has 5 nitrogen and oxygen atoms in total. The molecule has 1 N–H and O–H groups in total. The molecule has 2 aromatic rings. The normalized spacial score (nSPS) is 11.5. The van der Waals surface area contributed by atoms with Crippen molar-refractivity contribution in [2.75, 3.05) is 0 Å². The first kappa shape index (κ1) is 15.6. The third-order valence-electron chi connectivity index (χ3n) is 2.54. The van der Waals surface area contributed by atoms with E-state index in [2.05, 4.69) is 22.5 Å². The van der Waals surface area contributed by atoms with Gasteiger partial charge >= 0.3 is 6.18 Å². The van der Waals surface area contributed by atoms with Gasteiger partial charge in [0.2, 0.25) is 0 Å². The zero-order valence-corrected chi connectivity index (χ0v) is 12.1. The average molecular weight is 335 g/mol. The second-order valence-electron chi connectivity index (χ2n) is 3.98. The van der Waals surface area contributed by atoms with Gasteiger partial charge in [0.15, 0.2) is 5.13 Å². The molecule has 0 fully saturated rings. The predicted molar refractivity (Wildman–Crippen MR) is 73.9 cm³/mol. The molecule has 2 rings (SSSR count). The molecule has 0 aliphatic rings. The van der Waals surface area contributed by atoms with Crippen molar-refractivity contribution in [2.45, 2.75) is 13.1 Å². The number of hydrogen-bond acceptors (Lipinski definition) is 5. The van der Waals surface area contributed by atoms with E-state index in [4.69, 9.17) is 0 Å². The molecule has 0 unspecified atom stereocenters. The van der Waals surface area contributed by atoms with Crippen LogP contribution in [0.25, 0.3) is 5.13 Å². The van der Waals surface area contributed by atoms with Gasteiger partial charge in [-0.25, -0.2) is 4.98 Å². The van der Waals surface area contributed by atoms with Crippen molar-refractivity contribution >= 4 is 30.1 Å². The minimum Gasteiger partial charge on any atom is -0.298 e. The first-order valence-electron chi connectivity index (χ1n) is 5.46. The molecule has 0 aliphatic heterocycles. The molecule has 0 saturated carbocycles. The van der Waals surface area contributed by atoms with Gasteiger partial charge in [0.25, 0.3) is 11.5 Å². The average Bonchev–Trinajstić information content (AvgIpc) is 2.79. The van der Waals surface area contributed by atoms with Gasteiger partial charge in [-0.15, -0.1) is 0 Å². The molecule has 2 heterocycles. The van der Waals surface area contributed by atoms with Crippen molar-refractivity contribution in [3.8, 4) is 5.13 Å². The van der Waals surface area contributed by atoms with Crippen LogP contribution in [-0.2, 0) is 6.18 Å². The van der Waals surface area contributed by atoms with E-state index in [1.807, 2.05) is 0 Å². The summed E-state index contributed by atoms with van der Waals surface area (Å²) in [6, 6.07) is 1.50. The fraction of sp³-hybridized carbons (Fsp3) is 0.182. The van der Waals surface area contributed by atoms with E-state index in [9.17, 15) is 22.8 Å². The maximum atomic E-state index is 12.7. The van der Waals surface area contributed by atoms with Gasteiger partial charge in [-0.1, -0.05) is 24.2 Å². The summed E-state index contributed by atoms with van der Waals surface area (Å²) in [7, 11) is 0. The maximum Gasteiger partial charge on any atom is 0.417 e. The Kier molecular flexibility index (Phi) is 4.10. The number of aromatic nitrogens is 2. The van der Waals surface area contributed by atoms with Gasteiger partial charge in [-0.3, -0.25) is 18.9 Å². The Morgan fingerprint density at radius 1 is 1.43 bits per heavy atom. The van der Waals surface area contributed by atoms with Crippen molar-refractivity contribution in [3.63, 3.8) is 0 Å². The highest BCUT2D eigenvalue weighted by Crippen LogP contribution is 2.29. The highest BCUT2D eigenvalue weighted by atomic mass is 32.1. The number of nitrogens with one attached hydrogen (secondary N) is 1. The van der Waals surface area contributed by atoms with E-state index in [1.54, 1.807) is 0 Å². The van der Waals surface area contributed by atoms with E-state index in [-0.39, 0.29) is 10.0 Å². The SMILES string of the molecule is Cc1nc(-n2cc(C(F)(F)F)ccc2=O)sc1C(=O)NS. The highest BCUT2D eigenvalue weighted by Gasteiger charge is 2.31. The molecule has 0 atom stereocenters. The standard InChI is InChI=1S/C11H8F3N3O2S2/c1-5-8(9(19)16-20)21-10(15-5)17-4-6(11(12,13)14)2-3-7(17)18/h2-4,20H,1H3,(H,16,19). The number of carbonyl (C=O) groups is 1. The first-order valence-corrected chi connectivity index (χ1v) is 6.72. The second-order valence-corrected chi connectivity index (χ2v) is 5.18. The van der Waals surface area contributed by atoms with Crippen LogP contribution in [0.15, 0.2) is 23.1 Å². The van der Waals surface area contributed by atoms with Gasteiger partial charge in [-0.2, -0.15) is 13.2 Å². The summed E-state index contributed by atoms with van der Waals surface area (Å²) in [6.07, 6.45) is -3.92. The molecule has 21 heavy (non-hydrogen) atoms. The lowest BCUT2D eigenvalue weighted by Gasteiger charge is -2.08. The second kappa shape index (κ2) is 5.53. The fourth-order valence-corrected chi connectivity index (χ4v) is 2.68. The number of nitrogens with zero attached hydrogens (tertiary/aromatic N) is 2. The van der Waals surface area contributed by atoms with Gasteiger partial charge in [-0.05, 0) is 13.0 Å². The molecule has 1 amide bonds. The summed E-state index contributed by atoms with van der Waals surface area (Å²) in [5.74, 6) is -0.542. The predicted octanol–water partition coefficient (Wildman–Crippen LogP) is 2.20. The summed E-state index contributed by atoms with van der Waals surface area (Å²) in [5, 5.41) is -0.0180. The third-order valence-corrected chi connectivity index (χ3v) is 3.90.